The molecule has 1 aliphatic carbocycles. The van der Waals surface area contributed by atoms with Gasteiger partial charge in [0.25, 0.3) is 0 Å². The predicted molar refractivity (Wildman–Crippen MR) is 59.5 cm³/mol. The number of rotatable bonds is 4. The third-order valence-corrected chi connectivity index (χ3v) is 4.17. The molecule has 1 aliphatic heterocycles. The van der Waals surface area contributed by atoms with E-state index in [1.54, 1.807) is 0 Å². The van der Waals surface area contributed by atoms with Gasteiger partial charge in [0.05, 0.1) is 13.2 Å². The number of hydrogen-bond acceptors (Lipinski definition) is 3. The van der Waals surface area contributed by atoms with Crippen LogP contribution in [0.15, 0.2) is 0 Å². The zero-order valence-corrected chi connectivity index (χ0v) is 9.65. The van der Waals surface area contributed by atoms with Crippen LogP contribution in [0.4, 0.5) is 0 Å². The molecule has 2 rings (SSSR count). The van der Waals surface area contributed by atoms with Crippen molar-refractivity contribution in [3.8, 4) is 0 Å². The number of fused-ring (bicyclic) bond motifs is 1. The van der Waals surface area contributed by atoms with E-state index >= 15 is 0 Å². The zero-order chi connectivity index (χ0) is 10.9. The largest absolute Gasteiger partial charge is 0.396 e. The lowest BCUT2D eigenvalue weighted by Gasteiger charge is -2.30. The Labute approximate surface area is 92.1 Å². The van der Waals surface area contributed by atoms with Crippen molar-refractivity contribution in [2.75, 3.05) is 32.8 Å². The molecule has 0 bridgehead atoms. The maximum absolute atomic E-state index is 9.26. The van der Waals surface area contributed by atoms with Gasteiger partial charge in [0.2, 0.25) is 0 Å². The Kier molecular flexibility index (Phi) is 3.33. The lowest BCUT2D eigenvalue weighted by atomic mass is 9.92. The highest BCUT2D eigenvalue weighted by Crippen LogP contribution is 2.38. The van der Waals surface area contributed by atoms with E-state index in [0.29, 0.717) is 0 Å². The second-order valence-corrected chi connectivity index (χ2v) is 5.77. The Balaban J connectivity index is 1.86. The SMILES string of the molecule is CC(CO)(CO)CN1CC2CCCC2C1. The highest BCUT2D eigenvalue weighted by Gasteiger charge is 2.38. The molecule has 0 aromatic carbocycles. The van der Waals surface area contributed by atoms with Gasteiger partial charge in [-0.3, -0.25) is 0 Å². The van der Waals surface area contributed by atoms with Gasteiger partial charge in [-0.05, 0) is 24.7 Å². The predicted octanol–water partition coefficient (Wildman–Crippen LogP) is 0.709. The minimum atomic E-state index is -0.321. The summed E-state index contributed by atoms with van der Waals surface area (Å²) in [4.78, 5) is 2.43. The highest BCUT2D eigenvalue weighted by atomic mass is 16.3. The van der Waals surface area contributed by atoms with Crippen LogP contribution in [0.2, 0.25) is 0 Å². The number of nitrogens with zero attached hydrogens (tertiary/aromatic N) is 1. The Hall–Kier alpha value is -0.120. The van der Waals surface area contributed by atoms with E-state index in [0.717, 1.165) is 18.4 Å². The molecule has 1 saturated carbocycles. The van der Waals surface area contributed by atoms with E-state index in [1.807, 2.05) is 6.92 Å². The molecule has 0 radical (unpaired) electrons. The first-order chi connectivity index (χ1) is 7.17. The molecule has 15 heavy (non-hydrogen) atoms. The third-order valence-electron chi connectivity index (χ3n) is 4.17. The monoisotopic (exact) mass is 213 g/mol. The molecule has 0 aromatic rings. The summed E-state index contributed by atoms with van der Waals surface area (Å²) in [6, 6.07) is 0. The van der Waals surface area contributed by atoms with Crippen molar-refractivity contribution >= 4 is 0 Å². The van der Waals surface area contributed by atoms with Gasteiger partial charge >= 0.3 is 0 Å². The number of likely N-dealkylation sites (tertiary alicyclic amines) is 1. The van der Waals surface area contributed by atoms with Crippen LogP contribution in [0, 0.1) is 17.3 Å². The van der Waals surface area contributed by atoms with E-state index in [2.05, 4.69) is 4.90 Å². The lowest BCUT2D eigenvalue weighted by Crippen LogP contribution is -2.40. The first kappa shape index (κ1) is 11.4. The van der Waals surface area contributed by atoms with Gasteiger partial charge < -0.3 is 15.1 Å². The van der Waals surface area contributed by atoms with Gasteiger partial charge in [-0.25, -0.2) is 0 Å². The first-order valence-corrected chi connectivity index (χ1v) is 6.11. The van der Waals surface area contributed by atoms with Crippen LogP contribution < -0.4 is 0 Å². The number of hydrogen-bond donors (Lipinski definition) is 2. The Morgan fingerprint density at radius 2 is 1.67 bits per heavy atom. The van der Waals surface area contributed by atoms with Crippen molar-refractivity contribution in [3.05, 3.63) is 0 Å². The standard InChI is InChI=1S/C12H23NO2/c1-12(8-14,9-15)7-13-5-10-3-2-4-11(10)6-13/h10-11,14-15H,2-9H2,1H3. The molecule has 0 spiro atoms. The van der Waals surface area contributed by atoms with Crippen molar-refractivity contribution in [2.45, 2.75) is 26.2 Å². The quantitative estimate of drug-likeness (QED) is 0.723. The van der Waals surface area contributed by atoms with Crippen molar-refractivity contribution < 1.29 is 10.2 Å². The minimum Gasteiger partial charge on any atom is -0.396 e. The van der Waals surface area contributed by atoms with E-state index in [9.17, 15) is 10.2 Å². The van der Waals surface area contributed by atoms with Crippen molar-refractivity contribution in [1.82, 2.24) is 4.90 Å². The second kappa shape index (κ2) is 4.40. The maximum atomic E-state index is 9.26. The molecule has 3 nitrogen and oxygen atoms in total. The van der Waals surface area contributed by atoms with Crippen molar-refractivity contribution in [1.29, 1.82) is 0 Å². The van der Waals surface area contributed by atoms with Gasteiger partial charge in [-0.1, -0.05) is 13.3 Å². The number of aliphatic hydroxyl groups excluding tert-OH is 2. The van der Waals surface area contributed by atoms with E-state index in [-0.39, 0.29) is 18.6 Å². The van der Waals surface area contributed by atoms with Crippen LogP contribution in [0.1, 0.15) is 26.2 Å². The molecule has 88 valence electrons. The molecule has 2 unspecified atom stereocenters. The fraction of sp³-hybridized carbons (Fsp3) is 1.00. The molecule has 1 heterocycles. The van der Waals surface area contributed by atoms with Crippen LogP contribution in [-0.4, -0.2) is 48.0 Å². The maximum Gasteiger partial charge on any atom is 0.0519 e. The lowest BCUT2D eigenvalue weighted by molar-refractivity contribution is 0.0394. The van der Waals surface area contributed by atoms with Gasteiger partial charge in [-0.15, -0.1) is 0 Å². The van der Waals surface area contributed by atoms with Crippen molar-refractivity contribution in [3.63, 3.8) is 0 Å². The minimum absolute atomic E-state index is 0.0787. The summed E-state index contributed by atoms with van der Waals surface area (Å²) in [5.41, 5.74) is -0.321. The zero-order valence-electron chi connectivity index (χ0n) is 9.65. The Bertz CT molecular complexity index is 204. The highest BCUT2D eigenvalue weighted by molar-refractivity contribution is 4.90. The topological polar surface area (TPSA) is 43.7 Å². The summed E-state index contributed by atoms with van der Waals surface area (Å²) in [6.07, 6.45) is 4.17. The van der Waals surface area contributed by atoms with E-state index in [1.165, 1.54) is 32.4 Å². The summed E-state index contributed by atoms with van der Waals surface area (Å²) in [6.45, 7) is 5.32. The molecule has 2 N–H and O–H groups in total. The Morgan fingerprint density at radius 3 is 2.13 bits per heavy atom. The van der Waals surface area contributed by atoms with Crippen LogP contribution >= 0.6 is 0 Å². The summed E-state index contributed by atoms with van der Waals surface area (Å²) < 4.78 is 0. The molecule has 0 amide bonds. The van der Waals surface area contributed by atoms with E-state index < -0.39 is 0 Å². The summed E-state index contributed by atoms with van der Waals surface area (Å²) in [5.74, 6) is 1.79. The van der Waals surface area contributed by atoms with Crippen LogP contribution in [0.3, 0.4) is 0 Å². The average Bonchev–Trinajstić information content (AvgIpc) is 2.77. The molecule has 2 aliphatic rings. The Morgan fingerprint density at radius 1 is 1.13 bits per heavy atom. The van der Waals surface area contributed by atoms with Gasteiger partial charge in [0, 0.05) is 25.0 Å². The van der Waals surface area contributed by atoms with Crippen LogP contribution in [-0.2, 0) is 0 Å². The summed E-state index contributed by atoms with van der Waals surface area (Å²) in [7, 11) is 0. The second-order valence-electron chi connectivity index (χ2n) is 5.77. The van der Waals surface area contributed by atoms with Gasteiger partial charge in [0.15, 0.2) is 0 Å². The first-order valence-electron chi connectivity index (χ1n) is 6.11. The summed E-state index contributed by atoms with van der Waals surface area (Å²) in [5, 5.41) is 18.5. The molecular weight excluding hydrogens is 190 g/mol. The fourth-order valence-electron chi connectivity index (χ4n) is 3.15. The normalized spacial score (nSPS) is 32.2. The summed E-state index contributed by atoms with van der Waals surface area (Å²) >= 11 is 0. The number of aliphatic hydroxyl groups is 2. The molecule has 2 atom stereocenters. The van der Waals surface area contributed by atoms with E-state index in [4.69, 9.17) is 0 Å². The smallest absolute Gasteiger partial charge is 0.0519 e. The van der Waals surface area contributed by atoms with Crippen molar-refractivity contribution in [2.24, 2.45) is 17.3 Å². The molecule has 2 fully saturated rings. The van der Waals surface area contributed by atoms with Crippen LogP contribution in [0.25, 0.3) is 0 Å². The molecule has 1 saturated heterocycles. The molecular formula is C12H23NO2. The fourth-order valence-corrected chi connectivity index (χ4v) is 3.15. The average molecular weight is 213 g/mol. The molecule has 0 aromatic heterocycles. The van der Waals surface area contributed by atoms with Gasteiger partial charge in [-0.2, -0.15) is 0 Å². The third kappa shape index (κ3) is 2.35. The van der Waals surface area contributed by atoms with Gasteiger partial charge in [0.1, 0.15) is 0 Å². The van der Waals surface area contributed by atoms with Crippen LogP contribution in [0.5, 0.6) is 0 Å². The molecule has 3 heteroatoms.